The molecule has 0 aliphatic carbocycles. The molecule has 1 aromatic carbocycles. The molecule has 3 rings (SSSR count). The number of hydrogen-bond acceptors (Lipinski definition) is 4. The molecule has 0 radical (unpaired) electrons. The van der Waals surface area contributed by atoms with Gasteiger partial charge in [-0.25, -0.2) is 4.98 Å². The highest BCUT2D eigenvalue weighted by Crippen LogP contribution is 2.31. The van der Waals surface area contributed by atoms with Crippen molar-refractivity contribution in [3.63, 3.8) is 0 Å². The Kier molecular flexibility index (Phi) is 5.84. The molecule has 2 aromatic rings. The van der Waals surface area contributed by atoms with Gasteiger partial charge >= 0.3 is 6.18 Å². The number of hydrogen-bond donors (Lipinski definition) is 2. The Morgan fingerprint density at radius 1 is 1.29 bits per heavy atom. The van der Waals surface area contributed by atoms with Gasteiger partial charge in [0.2, 0.25) is 5.91 Å². The van der Waals surface area contributed by atoms with Gasteiger partial charge in [0.15, 0.2) is 0 Å². The summed E-state index contributed by atoms with van der Waals surface area (Å²) < 4.78 is 37.6. The molecule has 0 bridgehead atoms. The molecule has 0 atom stereocenters. The summed E-state index contributed by atoms with van der Waals surface area (Å²) >= 11 is 1.34. The van der Waals surface area contributed by atoms with Crippen LogP contribution in [0.5, 0.6) is 0 Å². The van der Waals surface area contributed by atoms with Crippen LogP contribution in [-0.4, -0.2) is 24.0 Å². The molecule has 4 nitrogen and oxygen atoms in total. The molecular weight excluding hydrogens is 363 g/mol. The average Bonchev–Trinajstić information content (AvgIpc) is 2.91. The second-order valence-electron chi connectivity index (χ2n) is 5.29. The van der Waals surface area contributed by atoms with E-state index in [1.807, 2.05) is 0 Å². The third kappa shape index (κ3) is 4.25. The maximum absolute atomic E-state index is 12.5. The van der Waals surface area contributed by atoms with Crippen molar-refractivity contribution in [3.8, 4) is 10.6 Å². The number of thiazole rings is 1. The second kappa shape index (κ2) is 7.50. The van der Waals surface area contributed by atoms with Crippen LogP contribution in [0, 0.1) is 5.92 Å². The Bertz CT molecular complexity index is 699. The molecule has 2 heterocycles. The number of amides is 1. The Balaban J connectivity index is 0.00000208. The topological polar surface area (TPSA) is 54.0 Å². The van der Waals surface area contributed by atoms with E-state index in [0.717, 1.165) is 12.1 Å². The van der Waals surface area contributed by atoms with Crippen LogP contribution < -0.4 is 10.6 Å². The van der Waals surface area contributed by atoms with Gasteiger partial charge in [-0.05, 0) is 12.1 Å². The normalized spacial score (nSPS) is 14.6. The zero-order valence-corrected chi connectivity index (χ0v) is 14.0. The van der Waals surface area contributed by atoms with E-state index in [1.54, 1.807) is 5.38 Å². The Labute approximate surface area is 146 Å². The first kappa shape index (κ1) is 18.7. The lowest BCUT2D eigenvalue weighted by Gasteiger charge is -2.25. The number of rotatable bonds is 4. The summed E-state index contributed by atoms with van der Waals surface area (Å²) in [6.07, 6.45) is -4.34. The van der Waals surface area contributed by atoms with Crippen molar-refractivity contribution in [2.24, 2.45) is 5.92 Å². The molecule has 2 N–H and O–H groups in total. The van der Waals surface area contributed by atoms with Gasteiger partial charge in [-0.15, -0.1) is 23.7 Å². The van der Waals surface area contributed by atoms with Crippen LogP contribution in [0.15, 0.2) is 29.6 Å². The van der Waals surface area contributed by atoms with E-state index >= 15 is 0 Å². The smallest absolute Gasteiger partial charge is 0.350 e. The highest BCUT2D eigenvalue weighted by Gasteiger charge is 2.30. The van der Waals surface area contributed by atoms with Gasteiger partial charge in [0.25, 0.3) is 0 Å². The first-order valence-corrected chi connectivity index (χ1v) is 7.92. The van der Waals surface area contributed by atoms with Gasteiger partial charge < -0.3 is 10.6 Å². The van der Waals surface area contributed by atoms with E-state index in [-0.39, 0.29) is 24.2 Å². The van der Waals surface area contributed by atoms with E-state index in [2.05, 4.69) is 15.6 Å². The lowest BCUT2D eigenvalue weighted by Crippen LogP contribution is -2.50. The lowest BCUT2D eigenvalue weighted by atomic mass is 10.0. The summed E-state index contributed by atoms with van der Waals surface area (Å²) in [7, 11) is 0. The van der Waals surface area contributed by atoms with E-state index in [1.165, 1.54) is 23.5 Å². The van der Waals surface area contributed by atoms with Gasteiger partial charge in [0, 0.05) is 24.0 Å². The predicted molar refractivity (Wildman–Crippen MR) is 88.0 cm³/mol. The van der Waals surface area contributed by atoms with Crippen molar-refractivity contribution in [1.82, 2.24) is 15.6 Å². The highest BCUT2D eigenvalue weighted by atomic mass is 35.5. The maximum atomic E-state index is 12.5. The summed E-state index contributed by atoms with van der Waals surface area (Å²) in [5.74, 6) is 0.0100. The molecule has 0 spiro atoms. The fourth-order valence-corrected chi connectivity index (χ4v) is 2.94. The molecule has 24 heavy (non-hydrogen) atoms. The largest absolute Gasteiger partial charge is 0.416 e. The number of benzene rings is 1. The Morgan fingerprint density at radius 3 is 2.50 bits per heavy atom. The first-order chi connectivity index (χ1) is 10.9. The zero-order valence-electron chi connectivity index (χ0n) is 12.4. The Hall–Kier alpha value is -1.64. The zero-order chi connectivity index (χ0) is 16.4. The number of aromatic nitrogens is 1. The van der Waals surface area contributed by atoms with Crippen molar-refractivity contribution in [2.45, 2.75) is 12.7 Å². The van der Waals surface area contributed by atoms with Crippen molar-refractivity contribution >= 4 is 29.7 Å². The van der Waals surface area contributed by atoms with Gasteiger partial charge in [-0.3, -0.25) is 4.79 Å². The van der Waals surface area contributed by atoms with Crippen molar-refractivity contribution < 1.29 is 18.0 Å². The first-order valence-electron chi connectivity index (χ1n) is 7.04. The number of carbonyl (C=O) groups is 1. The van der Waals surface area contributed by atoms with E-state index in [9.17, 15) is 18.0 Å². The minimum absolute atomic E-state index is 0. The van der Waals surface area contributed by atoms with E-state index in [4.69, 9.17) is 0 Å². The standard InChI is InChI=1S/C15H14F3N3OS.ClH/c16-15(17,18)11-3-1-9(2-4-11)14-21-12(8-23-14)7-20-13(22)10-5-19-6-10;/h1-4,8,10,19H,5-7H2,(H,20,22);1H. The van der Waals surface area contributed by atoms with Crippen LogP contribution in [-0.2, 0) is 17.5 Å². The average molecular weight is 378 g/mol. The summed E-state index contributed by atoms with van der Waals surface area (Å²) in [6.45, 7) is 1.71. The SMILES string of the molecule is Cl.O=C(NCc1csc(-c2ccc(C(F)(F)F)cc2)n1)C1CNC1. The monoisotopic (exact) mass is 377 g/mol. The molecule has 9 heteroatoms. The minimum atomic E-state index is -4.34. The third-order valence-corrected chi connectivity index (χ3v) is 4.55. The van der Waals surface area contributed by atoms with E-state index < -0.39 is 11.7 Å². The number of nitrogens with one attached hydrogen (secondary N) is 2. The lowest BCUT2D eigenvalue weighted by molar-refractivity contribution is -0.137. The minimum Gasteiger partial charge on any atom is -0.350 e. The third-order valence-electron chi connectivity index (χ3n) is 3.61. The van der Waals surface area contributed by atoms with E-state index in [0.29, 0.717) is 35.9 Å². The van der Waals surface area contributed by atoms with Crippen LogP contribution in [0.25, 0.3) is 10.6 Å². The van der Waals surface area contributed by atoms with Crippen LogP contribution >= 0.6 is 23.7 Å². The Morgan fingerprint density at radius 2 is 1.96 bits per heavy atom. The molecule has 1 aliphatic rings. The van der Waals surface area contributed by atoms with Crippen molar-refractivity contribution in [1.29, 1.82) is 0 Å². The van der Waals surface area contributed by atoms with Crippen molar-refractivity contribution in [3.05, 3.63) is 40.9 Å². The fourth-order valence-electron chi connectivity index (χ4n) is 2.12. The van der Waals surface area contributed by atoms with Crippen molar-refractivity contribution in [2.75, 3.05) is 13.1 Å². The fraction of sp³-hybridized carbons (Fsp3) is 0.333. The summed E-state index contributed by atoms with van der Waals surface area (Å²) in [4.78, 5) is 16.1. The van der Waals surface area contributed by atoms with Gasteiger partial charge in [0.05, 0.1) is 23.7 Å². The van der Waals surface area contributed by atoms with Crippen LogP contribution in [0.1, 0.15) is 11.3 Å². The molecule has 1 aliphatic heterocycles. The molecule has 0 unspecified atom stereocenters. The molecule has 1 fully saturated rings. The van der Waals surface area contributed by atoms with Crippen LogP contribution in [0.4, 0.5) is 13.2 Å². The summed E-state index contributed by atoms with van der Waals surface area (Å²) in [5.41, 5.74) is 0.647. The number of alkyl halides is 3. The van der Waals surface area contributed by atoms with Crippen LogP contribution in [0.2, 0.25) is 0 Å². The molecule has 0 saturated carbocycles. The van der Waals surface area contributed by atoms with Gasteiger partial charge in [-0.1, -0.05) is 12.1 Å². The molecule has 1 aromatic heterocycles. The quantitative estimate of drug-likeness (QED) is 0.861. The van der Waals surface area contributed by atoms with Crippen LogP contribution in [0.3, 0.4) is 0 Å². The molecular formula is C15H15ClF3N3OS. The predicted octanol–water partition coefficient (Wildman–Crippen LogP) is 3.09. The second-order valence-corrected chi connectivity index (χ2v) is 6.15. The van der Waals surface area contributed by atoms with Gasteiger partial charge in [-0.2, -0.15) is 13.2 Å². The van der Waals surface area contributed by atoms with Gasteiger partial charge in [0.1, 0.15) is 5.01 Å². The summed E-state index contributed by atoms with van der Waals surface area (Å²) in [6, 6.07) is 4.90. The molecule has 130 valence electrons. The molecule has 1 saturated heterocycles. The molecule has 1 amide bonds. The number of nitrogens with zero attached hydrogens (tertiary/aromatic N) is 1. The number of halogens is 4. The highest BCUT2D eigenvalue weighted by molar-refractivity contribution is 7.13. The summed E-state index contributed by atoms with van der Waals surface area (Å²) in [5, 5.41) is 8.27. The maximum Gasteiger partial charge on any atom is 0.416 e. The number of carbonyl (C=O) groups excluding carboxylic acids is 1.